The standard InChI is InChI=1S/C21H21N5O2/c1-16(27)22-9-11-25-12-10-23-21(25)20-8-7-19(28-20)18-13-24-26(15-18)14-17-5-3-2-4-6-17/h2-8,10,12-13,15H,9,11,14H2,1H3,(H,22,27). The molecule has 0 unspecified atom stereocenters. The molecule has 0 spiro atoms. The van der Waals surface area contributed by atoms with E-state index in [9.17, 15) is 4.79 Å². The number of carbonyl (C=O) groups is 1. The number of furan rings is 1. The van der Waals surface area contributed by atoms with Gasteiger partial charge in [-0.3, -0.25) is 9.48 Å². The van der Waals surface area contributed by atoms with Gasteiger partial charge in [-0.25, -0.2) is 4.98 Å². The number of benzene rings is 1. The SMILES string of the molecule is CC(=O)NCCn1ccnc1-c1ccc(-c2cnn(Cc3ccccc3)c2)o1. The van der Waals surface area contributed by atoms with E-state index in [0.717, 1.165) is 17.1 Å². The van der Waals surface area contributed by atoms with E-state index >= 15 is 0 Å². The Kier molecular flexibility index (Phi) is 5.05. The number of amides is 1. The second kappa shape index (κ2) is 7.96. The second-order valence-electron chi connectivity index (χ2n) is 6.50. The van der Waals surface area contributed by atoms with Gasteiger partial charge in [-0.15, -0.1) is 0 Å². The van der Waals surface area contributed by atoms with Crippen LogP contribution in [0.5, 0.6) is 0 Å². The van der Waals surface area contributed by atoms with Gasteiger partial charge >= 0.3 is 0 Å². The van der Waals surface area contributed by atoms with E-state index in [1.807, 2.05) is 52.0 Å². The zero-order chi connectivity index (χ0) is 19.3. The molecule has 1 aromatic carbocycles. The predicted molar refractivity (Wildman–Crippen MR) is 105 cm³/mol. The third-order valence-electron chi connectivity index (χ3n) is 4.37. The molecular formula is C21H21N5O2. The van der Waals surface area contributed by atoms with Crippen molar-refractivity contribution in [1.29, 1.82) is 0 Å². The summed E-state index contributed by atoms with van der Waals surface area (Å²) in [5.74, 6) is 2.10. The smallest absolute Gasteiger partial charge is 0.216 e. The molecule has 4 aromatic rings. The van der Waals surface area contributed by atoms with E-state index in [-0.39, 0.29) is 5.91 Å². The highest BCUT2D eigenvalue weighted by atomic mass is 16.3. The molecule has 0 atom stereocenters. The molecule has 1 amide bonds. The van der Waals surface area contributed by atoms with Crippen LogP contribution in [0.25, 0.3) is 22.9 Å². The van der Waals surface area contributed by atoms with Crippen LogP contribution >= 0.6 is 0 Å². The van der Waals surface area contributed by atoms with Gasteiger partial charge in [0.1, 0.15) is 5.76 Å². The maximum Gasteiger partial charge on any atom is 0.216 e. The summed E-state index contributed by atoms with van der Waals surface area (Å²) in [6, 6.07) is 14.0. The molecule has 1 N–H and O–H groups in total. The Morgan fingerprint density at radius 3 is 2.79 bits per heavy atom. The first-order valence-electron chi connectivity index (χ1n) is 9.11. The minimum absolute atomic E-state index is 0.0468. The van der Waals surface area contributed by atoms with Crippen molar-refractivity contribution in [2.45, 2.75) is 20.0 Å². The first-order chi connectivity index (χ1) is 13.7. The number of imidazole rings is 1. The number of aromatic nitrogens is 4. The topological polar surface area (TPSA) is 77.9 Å². The van der Waals surface area contributed by atoms with E-state index in [0.29, 0.717) is 25.4 Å². The van der Waals surface area contributed by atoms with Crippen molar-refractivity contribution in [2.24, 2.45) is 0 Å². The van der Waals surface area contributed by atoms with Gasteiger partial charge in [0, 0.05) is 38.6 Å². The number of nitrogens with one attached hydrogen (secondary N) is 1. The summed E-state index contributed by atoms with van der Waals surface area (Å²) in [6.07, 6.45) is 7.37. The summed E-state index contributed by atoms with van der Waals surface area (Å²) in [5, 5.41) is 7.22. The zero-order valence-corrected chi connectivity index (χ0v) is 15.6. The Hall–Kier alpha value is -3.61. The molecule has 7 heteroatoms. The highest BCUT2D eigenvalue weighted by Crippen LogP contribution is 2.27. The average molecular weight is 375 g/mol. The van der Waals surface area contributed by atoms with Crippen molar-refractivity contribution in [3.63, 3.8) is 0 Å². The molecule has 0 saturated heterocycles. The van der Waals surface area contributed by atoms with Crippen LogP contribution in [0.3, 0.4) is 0 Å². The van der Waals surface area contributed by atoms with Crippen molar-refractivity contribution in [3.8, 4) is 22.9 Å². The second-order valence-corrected chi connectivity index (χ2v) is 6.50. The van der Waals surface area contributed by atoms with Crippen LogP contribution in [0.4, 0.5) is 0 Å². The number of hydrogen-bond donors (Lipinski definition) is 1. The third-order valence-corrected chi connectivity index (χ3v) is 4.37. The normalized spacial score (nSPS) is 10.9. The zero-order valence-electron chi connectivity index (χ0n) is 15.6. The quantitative estimate of drug-likeness (QED) is 0.538. The first kappa shape index (κ1) is 17.8. The summed E-state index contributed by atoms with van der Waals surface area (Å²) in [5.41, 5.74) is 2.11. The number of nitrogens with zero attached hydrogens (tertiary/aromatic N) is 4. The lowest BCUT2D eigenvalue weighted by Crippen LogP contribution is -2.24. The monoisotopic (exact) mass is 375 g/mol. The van der Waals surface area contributed by atoms with E-state index in [2.05, 4.69) is 27.5 Å². The van der Waals surface area contributed by atoms with E-state index in [1.54, 1.807) is 12.4 Å². The van der Waals surface area contributed by atoms with Crippen molar-refractivity contribution >= 4 is 5.91 Å². The van der Waals surface area contributed by atoms with E-state index in [1.165, 1.54) is 12.5 Å². The van der Waals surface area contributed by atoms with Gasteiger partial charge in [-0.1, -0.05) is 30.3 Å². The maximum atomic E-state index is 11.0. The molecule has 3 aromatic heterocycles. The third kappa shape index (κ3) is 4.03. The Labute approximate surface area is 162 Å². The number of carbonyl (C=O) groups excluding carboxylic acids is 1. The fourth-order valence-electron chi connectivity index (χ4n) is 3.03. The summed E-state index contributed by atoms with van der Waals surface area (Å²) < 4.78 is 9.87. The van der Waals surface area contributed by atoms with Crippen molar-refractivity contribution < 1.29 is 9.21 Å². The lowest BCUT2D eigenvalue weighted by molar-refractivity contribution is -0.118. The molecule has 0 fully saturated rings. The van der Waals surface area contributed by atoms with Crippen LogP contribution in [0.2, 0.25) is 0 Å². The molecule has 0 aliphatic rings. The highest BCUT2D eigenvalue weighted by Gasteiger charge is 2.13. The van der Waals surface area contributed by atoms with Crippen molar-refractivity contribution in [1.82, 2.24) is 24.6 Å². The van der Waals surface area contributed by atoms with Crippen molar-refractivity contribution in [3.05, 3.63) is 72.8 Å². The van der Waals surface area contributed by atoms with E-state index in [4.69, 9.17) is 4.42 Å². The Morgan fingerprint density at radius 2 is 1.96 bits per heavy atom. The molecular weight excluding hydrogens is 354 g/mol. The minimum atomic E-state index is -0.0468. The minimum Gasteiger partial charge on any atom is -0.453 e. The maximum absolute atomic E-state index is 11.0. The van der Waals surface area contributed by atoms with Gasteiger partial charge in [0.2, 0.25) is 5.91 Å². The lowest BCUT2D eigenvalue weighted by atomic mass is 10.2. The van der Waals surface area contributed by atoms with E-state index < -0.39 is 0 Å². The van der Waals surface area contributed by atoms with Gasteiger partial charge in [0.15, 0.2) is 11.6 Å². The summed E-state index contributed by atoms with van der Waals surface area (Å²) in [6.45, 7) is 3.38. The Morgan fingerprint density at radius 1 is 1.14 bits per heavy atom. The molecule has 0 bridgehead atoms. The molecule has 0 aliphatic carbocycles. The molecule has 0 radical (unpaired) electrons. The van der Waals surface area contributed by atoms with Crippen LogP contribution in [-0.4, -0.2) is 31.8 Å². The number of hydrogen-bond acceptors (Lipinski definition) is 4. The van der Waals surface area contributed by atoms with Crippen LogP contribution in [0.1, 0.15) is 12.5 Å². The fraction of sp³-hybridized carbons (Fsp3) is 0.190. The summed E-state index contributed by atoms with van der Waals surface area (Å²) in [7, 11) is 0. The first-order valence-corrected chi connectivity index (χ1v) is 9.11. The molecule has 142 valence electrons. The van der Waals surface area contributed by atoms with Crippen molar-refractivity contribution in [2.75, 3.05) is 6.54 Å². The van der Waals surface area contributed by atoms with Gasteiger partial charge in [-0.05, 0) is 17.7 Å². The molecule has 7 nitrogen and oxygen atoms in total. The van der Waals surface area contributed by atoms with Gasteiger partial charge in [0.05, 0.1) is 18.3 Å². The number of rotatable bonds is 7. The van der Waals surface area contributed by atoms with Gasteiger partial charge in [-0.2, -0.15) is 5.10 Å². The average Bonchev–Trinajstić information content (AvgIpc) is 3.42. The molecule has 4 rings (SSSR count). The molecule has 0 saturated carbocycles. The van der Waals surface area contributed by atoms with Crippen LogP contribution in [-0.2, 0) is 17.9 Å². The fourth-order valence-corrected chi connectivity index (χ4v) is 3.03. The van der Waals surface area contributed by atoms with Crippen LogP contribution < -0.4 is 5.32 Å². The van der Waals surface area contributed by atoms with Crippen LogP contribution in [0, 0.1) is 0 Å². The molecule has 0 aliphatic heterocycles. The van der Waals surface area contributed by atoms with Gasteiger partial charge in [0.25, 0.3) is 0 Å². The summed E-state index contributed by atoms with van der Waals surface area (Å²) in [4.78, 5) is 15.4. The van der Waals surface area contributed by atoms with Gasteiger partial charge < -0.3 is 14.3 Å². The molecule has 28 heavy (non-hydrogen) atoms. The molecule has 3 heterocycles. The van der Waals surface area contributed by atoms with Crippen LogP contribution in [0.15, 0.2) is 71.7 Å². The Balaban J connectivity index is 1.48. The lowest BCUT2D eigenvalue weighted by Gasteiger charge is -2.06. The predicted octanol–water partition coefficient (Wildman–Crippen LogP) is 3.19. The Bertz CT molecular complexity index is 1060. The highest BCUT2D eigenvalue weighted by molar-refractivity contribution is 5.72. The largest absolute Gasteiger partial charge is 0.453 e. The summed E-state index contributed by atoms with van der Waals surface area (Å²) >= 11 is 0.